The van der Waals surface area contributed by atoms with Crippen molar-refractivity contribution < 1.29 is 4.74 Å². The quantitative estimate of drug-likeness (QED) is 0.505. The minimum atomic E-state index is 0.398. The summed E-state index contributed by atoms with van der Waals surface area (Å²) in [5.74, 6) is 1.30. The Bertz CT molecular complexity index is 526. The van der Waals surface area contributed by atoms with Gasteiger partial charge in [0, 0.05) is 23.6 Å². The van der Waals surface area contributed by atoms with Gasteiger partial charge < -0.3 is 15.8 Å². The summed E-state index contributed by atoms with van der Waals surface area (Å²) >= 11 is 6.08. The molecule has 1 aliphatic rings. The maximum Gasteiger partial charge on any atom is 0.189 e. The highest BCUT2D eigenvalue weighted by Gasteiger charge is 2.17. The molecule has 1 aromatic rings. The van der Waals surface area contributed by atoms with Crippen molar-refractivity contribution in [2.45, 2.75) is 19.9 Å². The Morgan fingerprint density at radius 1 is 1.58 bits per heavy atom. The summed E-state index contributed by atoms with van der Waals surface area (Å²) in [5.41, 5.74) is 8.90. The standard InChI is InChI=1S/C14H18ClN3O/c1-9(2)7-17-14(16)18-8-11-6-12(15)5-10-3-4-19-13(10)11/h5-6H,1,3-4,7-8H2,2H3,(H3,16,17,18). The molecule has 102 valence electrons. The first-order valence-electron chi connectivity index (χ1n) is 6.18. The average Bonchev–Trinajstić information content (AvgIpc) is 2.81. The van der Waals surface area contributed by atoms with Crippen molar-refractivity contribution in [2.24, 2.45) is 10.7 Å². The molecular weight excluding hydrogens is 262 g/mol. The number of rotatable bonds is 4. The number of guanidine groups is 1. The van der Waals surface area contributed by atoms with Crippen molar-refractivity contribution in [2.75, 3.05) is 13.2 Å². The lowest BCUT2D eigenvalue weighted by molar-refractivity contribution is 0.353. The van der Waals surface area contributed by atoms with E-state index < -0.39 is 0 Å². The summed E-state index contributed by atoms with van der Waals surface area (Å²) in [7, 11) is 0. The van der Waals surface area contributed by atoms with Gasteiger partial charge in [-0.3, -0.25) is 0 Å². The third-order valence-electron chi connectivity index (χ3n) is 2.82. The largest absolute Gasteiger partial charge is 0.493 e. The normalized spacial score (nSPS) is 13.9. The van der Waals surface area contributed by atoms with Gasteiger partial charge in [0.2, 0.25) is 0 Å². The second kappa shape index (κ2) is 5.97. The molecule has 0 radical (unpaired) electrons. The molecule has 0 fully saturated rings. The molecule has 19 heavy (non-hydrogen) atoms. The number of hydrogen-bond acceptors (Lipinski definition) is 2. The van der Waals surface area contributed by atoms with Crippen molar-refractivity contribution in [1.82, 2.24) is 5.32 Å². The molecule has 0 saturated carbocycles. The Kier molecular flexibility index (Phi) is 4.32. The van der Waals surface area contributed by atoms with Crippen LogP contribution < -0.4 is 15.8 Å². The number of fused-ring (bicyclic) bond motifs is 1. The smallest absolute Gasteiger partial charge is 0.189 e. The number of hydrogen-bond donors (Lipinski definition) is 2. The van der Waals surface area contributed by atoms with Gasteiger partial charge in [-0.2, -0.15) is 0 Å². The Hall–Kier alpha value is -1.68. The molecule has 1 heterocycles. The van der Waals surface area contributed by atoms with Crippen LogP contribution in [0.4, 0.5) is 0 Å². The zero-order valence-corrected chi connectivity index (χ0v) is 11.8. The second-order valence-corrected chi connectivity index (χ2v) is 5.10. The van der Waals surface area contributed by atoms with Gasteiger partial charge in [0.1, 0.15) is 5.75 Å². The van der Waals surface area contributed by atoms with E-state index in [4.69, 9.17) is 22.1 Å². The van der Waals surface area contributed by atoms with Gasteiger partial charge in [-0.05, 0) is 24.6 Å². The van der Waals surface area contributed by atoms with E-state index in [9.17, 15) is 0 Å². The van der Waals surface area contributed by atoms with Crippen LogP contribution in [0.5, 0.6) is 5.75 Å². The highest BCUT2D eigenvalue weighted by molar-refractivity contribution is 6.30. The fourth-order valence-electron chi connectivity index (χ4n) is 1.93. The van der Waals surface area contributed by atoms with Crippen molar-refractivity contribution >= 4 is 17.6 Å². The van der Waals surface area contributed by atoms with Crippen LogP contribution in [-0.4, -0.2) is 19.1 Å². The molecule has 0 aliphatic carbocycles. The Labute approximate surface area is 118 Å². The number of nitrogens with one attached hydrogen (secondary N) is 1. The number of benzene rings is 1. The molecule has 2 rings (SSSR count). The molecule has 1 aliphatic heterocycles. The molecule has 3 N–H and O–H groups in total. The van der Waals surface area contributed by atoms with E-state index in [1.165, 1.54) is 0 Å². The lowest BCUT2D eigenvalue weighted by Crippen LogP contribution is -2.32. The summed E-state index contributed by atoms with van der Waals surface area (Å²) in [6.45, 7) is 7.51. The molecule has 0 atom stereocenters. The third kappa shape index (κ3) is 3.64. The van der Waals surface area contributed by atoms with Gasteiger partial charge in [0.15, 0.2) is 5.96 Å². The van der Waals surface area contributed by atoms with E-state index in [1.54, 1.807) is 0 Å². The molecule has 5 heteroatoms. The van der Waals surface area contributed by atoms with Crippen LogP contribution in [0.3, 0.4) is 0 Å². The molecule has 0 bridgehead atoms. The van der Waals surface area contributed by atoms with Gasteiger partial charge in [-0.1, -0.05) is 23.8 Å². The first kappa shape index (κ1) is 13.7. The molecule has 1 aromatic carbocycles. The van der Waals surface area contributed by atoms with Crippen LogP contribution in [0, 0.1) is 0 Å². The lowest BCUT2D eigenvalue weighted by atomic mass is 10.1. The third-order valence-corrected chi connectivity index (χ3v) is 3.03. The minimum Gasteiger partial charge on any atom is -0.493 e. The first-order chi connectivity index (χ1) is 9.06. The summed E-state index contributed by atoms with van der Waals surface area (Å²) in [5, 5.41) is 3.70. The number of halogens is 1. The van der Waals surface area contributed by atoms with Crippen LogP contribution in [0.25, 0.3) is 0 Å². The maximum atomic E-state index is 6.08. The molecule has 0 saturated heterocycles. The number of ether oxygens (including phenoxy) is 1. The van der Waals surface area contributed by atoms with E-state index >= 15 is 0 Å². The molecule has 4 nitrogen and oxygen atoms in total. The fraction of sp³-hybridized carbons (Fsp3) is 0.357. The number of nitrogens with two attached hydrogens (primary N) is 1. The van der Waals surface area contributed by atoms with Gasteiger partial charge >= 0.3 is 0 Å². The summed E-state index contributed by atoms with van der Waals surface area (Å²) in [6.07, 6.45) is 0.899. The Morgan fingerprint density at radius 3 is 3.11 bits per heavy atom. The summed E-state index contributed by atoms with van der Waals surface area (Å²) in [6, 6.07) is 3.82. The van der Waals surface area contributed by atoms with Gasteiger partial charge in [0.25, 0.3) is 0 Å². The predicted octanol–water partition coefficient (Wildman–Crippen LogP) is 2.26. The van der Waals surface area contributed by atoms with E-state index in [1.807, 2.05) is 19.1 Å². The summed E-state index contributed by atoms with van der Waals surface area (Å²) < 4.78 is 5.61. The first-order valence-corrected chi connectivity index (χ1v) is 6.56. The molecule has 0 aromatic heterocycles. The van der Waals surface area contributed by atoms with Crippen LogP contribution in [-0.2, 0) is 13.0 Å². The van der Waals surface area contributed by atoms with E-state index in [2.05, 4.69) is 16.9 Å². The average molecular weight is 280 g/mol. The van der Waals surface area contributed by atoms with Crippen LogP contribution in [0.1, 0.15) is 18.1 Å². The lowest BCUT2D eigenvalue weighted by Gasteiger charge is -2.08. The van der Waals surface area contributed by atoms with Crippen molar-refractivity contribution in [3.05, 3.63) is 40.4 Å². The van der Waals surface area contributed by atoms with Gasteiger partial charge in [-0.25, -0.2) is 4.99 Å². The second-order valence-electron chi connectivity index (χ2n) is 4.66. The topological polar surface area (TPSA) is 59.6 Å². The van der Waals surface area contributed by atoms with Crippen molar-refractivity contribution in [3.63, 3.8) is 0 Å². The number of nitrogens with zero attached hydrogens (tertiary/aromatic N) is 1. The van der Waals surface area contributed by atoms with E-state index in [0.29, 0.717) is 30.7 Å². The fourth-order valence-corrected chi connectivity index (χ4v) is 2.19. The Morgan fingerprint density at radius 2 is 2.37 bits per heavy atom. The molecule has 0 spiro atoms. The monoisotopic (exact) mass is 279 g/mol. The molecule has 0 unspecified atom stereocenters. The highest BCUT2D eigenvalue weighted by Crippen LogP contribution is 2.33. The van der Waals surface area contributed by atoms with Crippen LogP contribution in [0.15, 0.2) is 29.3 Å². The van der Waals surface area contributed by atoms with Crippen LogP contribution >= 0.6 is 11.6 Å². The molecular formula is C14H18ClN3O. The van der Waals surface area contributed by atoms with Gasteiger partial charge in [-0.15, -0.1) is 0 Å². The number of aliphatic imine (C=N–C) groups is 1. The van der Waals surface area contributed by atoms with Gasteiger partial charge in [0.05, 0.1) is 13.2 Å². The zero-order chi connectivity index (χ0) is 13.8. The summed E-state index contributed by atoms with van der Waals surface area (Å²) in [4.78, 5) is 4.29. The van der Waals surface area contributed by atoms with E-state index in [0.717, 1.165) is 28.9 Å². The maximum absolute atomic E-state index is 6.08. The molecule has 0 amide bonds. The van der Waals surface area contributed by atoms with Crippen molar-refractivity contribution in [1.29, 1.82) is 0 Å². The highest BCUT2D eigenvalue weighted by atomic mass is 35.5. The zero-order valence-electron chi connectivity index (χ0n) is 11.0. The minimum absolute atomic E-state index is 0.398. The van der Waals surface area contributed by atoms with Crippen LogP contribution in [0.2, 0.25) is 5.02 Å². The van der Waals surface area contributed by atoms with Crippen molar-refractivity contribution in [3.8, 4) is 5.75 Å². The Balaban J connectivity index is 2.07. The predicted molar refractivity (Wildman–Crippen MR) is 78.8 cm³/mol. The van der Waals surface area contributed by atoms with E-state index in [-0.39, 0.29) is 0 Å². The SMILES string of the molecule is C=C(C)CNC(N)=NCc1cc(Cl)cc2c1OCC2.